The highest BCUT2D eigenvalue weighted by atomic mass is 79.9. The van der Waals surface area contributed by atoms with E-state index < -0.39 is 0 Å². The van der Waals surface area contributed by atoms with Gasteiger partial charge >= 0.3 is 0 Å². The van der Waals surface area contributed by atoms with Crippen LogP contribution in [-0.2, 0) is 0 Å². The minimum absolute atomic E-state index is 0.490. The number of nitrogens with two attached hydrogens (primary N) is 1. The van der Waals surface area contributed by atoms with Crippen LogP contribution in [0.2, 0.25) is 0 Å². The van der Waals surface area contributed by atoms with Crippen molar-refractivity contribution in [2.75, 3.05) is 5.73 Å². The fourth-order valence-electron chi connectivity index (χ4n) is 1.74. The van der Waals surface area contributed by atoms with Gasteiger partial charge in [0.1, 0.15) is 10.4 Å². The molecule has 0 bridgehead atoms. The minimum atomic E-state index is 0.490. The van der Waals surface area contributed by atoms with Crippen molar-refractivity contribution in [1.29, 1.82) is 0 Å². The van der Waals surface area contributed by atoms with Crippen LogP contribution in [0.25, 0.3) is 16.9 Å². The van der Waals surface area contributed by atoms with E-state index in [0.717, 1.165) is 21.5 Å². The number of rotatable bonds is 2. The third-order valence-corrected chi connectivity index (χ3v) is 3.22. The van der Waals surface area contributed by atoms with Gasteiger partial charge in [-0.1, -0.05) is 12.1 Å². The smallest absolute Gasteiger partial charge is 0.145 e. The predicted molar refractivity (Wildman–Crippen MR) is 73.3 cm³/mol. The monoisotopic (exact) mass is 303 g/mol. The van der Waals surface area contributed by atoms with Crippen LogP contribution in [0.15, 0.2) is 47.2 Å². The zero-order valence-electron chi connectivity index (χ0n) is 9.34. The molecule has 5 nitrogen and oxygen atoms in total. The largest absolute Gasteiger partial charge is 0.382 e. The number of nitrogen functional groups attached to an aromatic ring is 1. The quantitative estimate of drug-likeness (QED) is 0.764. The van der Waals surface area contributed by atoms with Crippen LogP contribution in [0.5, 0.6) is 0 Å². The number of anilines is 1. The van der Waals surface area contributed by atoms with Gasteiger partial charge in [-0.3, -0.25) is 5.10 Å². The molecule has 0 saturated carbocycles. The summed E-state index contributed by atoms with van der Waals surface area (Å²) >= 11 is 3.44. The summed E-state index contributed by atoms with van der Waals surface area (Å²) in [5, 5.41) is 11.0. The van der Waals surface area contributed by atoms with Crippen LogP contribution >= 0.6 is 15.9 Å². The highest BCUT2D eigenvalue weighted by Gasteiger charge is 2.04. The molecule has 3 rings (SSSR count). The Bertz CT molecular complexity index is 668. The van der Waals surface area contributed by atoms with Crippen molar-refractivity contribution in [3.05, 3.63) is 47.2 Å². The standard InChI is InChI=1S/C12H10BrN5/c13-11-5-6-15-18(11)9-3-1-8(2-4-9)10-7-12(14)17-16-10/h1-7H,(H3,14,16,17). The van der Waals surface area contributed by atoms with Gasteiger partial charge in [-0.15, -0.1) is 0 Å². The summed E-state index contributed by atoms with van der Waals surface area (Å²) in [5.41, 5.74) is 8.50. The van der Waals surface area contributed by atoms with E-state index in [1.165, 1.54) is 0 Å². The maximum Gasteiger partial charge on any atom is 0.145 e. The molecule has 0 aliphatic heterocycles. The van der Waals surface area contributed by atoms with Crippen LogP contribution in [0.1, 0.15) is 0 Å². The Morgan fingerprint density at radius 2 is 1.94 bits per heavy atom. The van der Waals surface area contributed by atoms with Gasteiger partial charge in [0, 0.05) is 6.07 Å². The normalized spacial score (nSPS) is 10.7. The first-order valence-corrected chi connectivity index (χ1v) is 6.14. The van der Waals surface area contributed by atoms with Gasteiger partial charge < -0.3 is 5.73 Å². The van der Waals surface area contributed by atoms with E-state index in [1.54, 1.807) is 12.3 Å². The van der Waals surface area contributed by atoms with Crippen LogP contribution in [-0.4, -0.2) is 20.0 Å². The molecular formula is C12H10BrN5. The Balaban J connectivity index is 1.97. The maximum absolute atomic E-state index is 5.58. The highest BCUT2D eigenvalue weighted by Crippen LogP contribution is 2.21. The number of H-pyrrole nitrogens is 1. The lowest BCUT2D eigenvalue weighted by Crippen LogP contribution is -1.95. The van der Waals surface area contributed by atoms with Gasteiger partial charge in [0.05, 0.1) is 17.6 Å². The average Bonchev–Trinajstić information content (AvgIpc) is 2.98. The van der Waals surface area contributed by atoms with E-state index in [4.69, 9.17) is 5.73 Å². The molecule has 0 fully saturated rings. The first-order valence-electron chi connectivity index (χ1n) is 5.35. The predicted octanol–water partition coefficient (Wildman–Crippen LogP) is 2.61. The Labute approximate surface area is 112 Å². The SMILES string of the molecule is Nc1cc(-c2ccc(-n3nccc3Br)cc2)[nH]n1. The number of nitrogens with one attached hydrogen (secondary N) is 1. The van der Waals surface area contributed by atoms with Crippen molar-refractivity contribution in [2.45, 2.75) is 0 Å². The molecule has 3 N–H and O–H groups in total. The number of hydrogen-bond acceptors (Lipinski definition) is 3. The van der Waals surface area contributed by atoms with Crippen molar-refractivity contribution >= 4 is 21.7 Å². The van der Waals surface area contributed by atoms with Crippen molar-refractivity contribution in [3.8, 4) is 16.9 Å². The molecule has 0 unspecified atom stereocenters. The molecule has 6 heteroatoms. The summed E-state index contributed by atoms with van der Waals surface area (Å²) in [7, 11) is 0. The van der Waals surface area contributed by atoms with Crippen molar-refractivity contribution in [3.63, 3.8) is 0 Å². The number of nitrogens with zero attached hydrogens (tertiary/aromatic N) is 3. The lowest BCUT2D eigenvalue weighted by molar-refractivity contribution is 0.861. The highest BCUT2D eigenvalue weighted by molar-refractivity contribution is 9.10. The van der Waals surface area contributed by atoms with E-state index in [2.05, 4.69) is 31.2 Å². The summed E-state index contributed by atoms with van der Waals surface area (Å²) in [5.74, 6) is 0.490. The molecule has 0 aliphatic rings. The first kappa shape index (κ1) is 11.0. The summed E-state index contributed by atoms with van der Waals surface area (Å²) in [6.07, 6.45) is 1.74. The van der Waals surface area contributed by atoms with Gasteiger partial charge in [-0.05, 0) is 39.7 Å². The van der Waals surface area contributed by atoms with Gasteiger partial charge in [0.25, 0.3) is 0 Å². The van der Waals surface area contributed by atoms with Crippen molar-refractivity contribution in [2.24, 2.45) is 0 Å². The number of aromatic amines is 1. The summed E-state index contributed by atoms with van der Waals surface area (Å²) in [6.45, 7) is 0. The van der Waals surface area contributed by atoms with E-state index in [1.807, 2.05) is 35.0 Å². The number of aromatic nitrogens is 4. The van der Waals surface area contributed by atoms with Gasteiger partial charge in [0.15, 0.2) is 0 Å². The molecule has 0 spiro atoms. The molecule has 90 valence electrons. The third-order valence-electron chi connectivity index (χ3n) is 2.62. The second-order valence-electron chi connectivity index (χ2n) is 3.82. The fourth-order valence-corrected chi connectivity index (χ4v) is 2.16. The molecule has 0 aliphatic carbocycles. The maximum atomic E-state index is 5.58. The lowest BCUT2D eigenvalue weighted by atomic mass is 10.1. The molecule has 0 atom stereocenters. The lowest BCUT2D eigenvalue weighted by Gasteiger charge is -2.04. The van der Waals surface area contributed by atoms with E-state index in [9.17, 15) is 0 Å². The van der Waals surface area contributed by atoms with Gasteiger partial charge in [-0.25, -0.2) is 4.68 Å². The topological polar surface area (TPSA) is 72.5 Å². The first-order chi connectivity index (χ1) is 8.74. The van der Waals surface area contributed by atoms with Crippen molar-refractivity contribution in [1.82, 2.24) is 20.0 Å². The zero-order valence-corrected chi connectivity index (χ0v) is 10.9. The second kappa shape index (κ2) is 4.30. The summed E-state index contributed by atoms with van der Waals surface area (Å²) in [4.78, 5) is 0. The molecule has 18 heavy (non-hydrogen) atoms. The number of halogens is 1. The van der Waals surface area contributed by atoms with Crippen LogP contribution in [0.4, 0.5) is 5.82 Å². The average molecular weight is 304 g/mol. The van der Waals surface area contributed by atoms with Gasteiger partial charge in [-0.2, -0.15) is 10.2 Å². The molecular weight excluding hydrogens is 294 g/mol. The summed E-state index contributed by atoms with van der Waals surface area (Å²) < 4.78 is 2.73. The molecule has 2 aromatic heterocycles. The number of hydrogen-bond donors (Lipinski definition) is 2. The van der Waals surface area contributed by atoms with Crippen LogP contribution in [0, 0.1) is 0 Å². The second-order valence-corrected chi connectivity index (χ2v) is 4.63. The molecule has 1 aromatic carbocycles. The Kier molecular flexibility index (Phi) is 2.64. The van der Waals surface area contributed by atoms with Crippen LogP contribution in [0.3, 0.4) is 0 Å². The minimum Gasteiger partial charge on any atom is -0.382 e. The zero-order chi connectivity index (χ0) is 12.5. The molecule has 0 radical (unpaired) electrons. The fraction of sp³-hybridized carbons (Fsp3) is 0. The van der Waals surface area contributed by atoms with E-state index >= 15 is 0 Å². The Morgan fingerprint density at radius 3 is 2.50 bits per heavy atom. The summed E-state index contributed by atoms with van der Waals surface area (Å²) in [6, 6.07) is 11.7. The Morgan fingerprint density at radius 1 is 1.17 bits per heavy atom. The molecule has 2 heterocycles. The molecule has 0 saturated heterocycles. The van der Waals surface area contributed by atoms with Crippen molar-refractivity contribution < 1.29 is 0 Å². The van der Waals surface area contributed by atoms with Crippen LogP contribution < -0.4 is 5.73 Å². The number of benzene rings is 1. The Hall–Kier alpha value is -2.08. The van der Waals surface area contributed by atoms with E-state index in [0.29, 0.717) is 5.82 Å². The third kappa shape index (κ3) is 1.91. The molecule has 3 aromatic rings. The van der Waals surface area contributed by atoms with E-state index in [-0.39, 0.29) is 0 Å². The molecule has 0 amide bonds. The van der Waals surface area contributed by atoms with Gasteiger partial charge in [0.2, 0.25) is 0 Å².